The van der Waals surface area contributed by atoms with Crippen LogP contribution < -0.4 is 0 Å². The van der Waals surface area contributed by atoms with E-state index in [0.29, 0.717) is 23.4 Å². The van der Waals surface area contributed by atoms with Crippen molar-refractivity contribution < 1.29 is 19.6 Å². The van der Waals surface area contributed by atoms with E-state index in [4.69, 9.17) is 4.74 Å². The standard InChI is InChI=1S/C15H14N2O5/c1-9-7-13(19)15(14(8-18)22-9)10(2)16-11-3-5-12(6-4-11)17(20)21/h3-8,14,19H,1-2H3. The van der Waals surface area contributed by atoms with E-state index in [1.165, 1.54) is 30.3 Å². The van der Waals surface area contributed by atoms with E-state index < -0.39 is 11.0 Å². The quantitative estimate of drug-likeness (QED) is 0.398. The zero-order valence-electron chi connectivity index (χ0n) is 12.0. The van der Waals surface area contributed by atoms with Gasteiger partial charge in [-0.05, 0) is 26.0 Å². The third-order valence-corrected chi connectivity index (χ3v) is 3.08. The van der Waals surface area contributed by atoms with Gasteiger partial charge in [0.05, 0.1) is 21.9 Å². The van der Waals surface area contributed by atoms with Gasteiger partial charge in [-0.15, -0.1) is 0 Å². The van der Waals surface area contributed by atoms with Crippen LogP contribution in [-0.2, 0) is 9.53 Å². The smallest absolute Gasteiger partial charge is 0.269 e. The van der Waals surface area contributed by atoms with Gasteiger partial charge in [-0.2, -0.15) is 0 Å². The number of carbonyl (C=O) groups is 1. The lowest BCUT2D eigenvalue weighted by molar-refractivity contribution is -0.384. The summed E-state index contributed by atoms with van der Waals surface area (Å²) < 4.78 is 5.33. The first-order valence-corrected chi connectivity index (χ1v) is 6.46. The number of rotatable bonds is 4. The summed E-state index contributed by atoms with van der Waals surface area (Å²) in [6, 6.07) is 5.64. The van der Waals surface area contributed by atoms with Crippen LogP contribution in [0.1, 0.15) is 13.8 Å². The van der Waals surface area contributed by atoms with Crippen LogP contribution in [0.2, 0.25) is 0 Å². The Bertz CT molecular complexity index is 701. The van der Waals surface area contributed by atoms with Gasteiger partial charge in [0.2, 0.25) is 0 Å². The number of aliphatic hydroxyl groups is 1. The van der Waals surface area contributed by atoms with Gasteiger partial charge in [-0.3, -0.25) is 19.9 Å². The monoisotopic (exact) mass is 302 g/mol. The summed E-state index contributed by atoms with van der Waals surface area (Å²) in [5, 5.41) is 20.6. The van der Waals surface area contributed by atoms with Gasteiger partial charge < -0.3 is 9.84 Å². The van der Waals surface area contributed by atoms with E-state index in [1.54, 1.807) is 13.8 Å². The number of aliphatic hydroxyl groups excluding tert-OH is 1. The predicted molar refractivity (Wildman–Crippen MR) is 80.2 cm³/mol. The number of carbonyl (C=O) groups excluding carboxylic acids is 1. The normalized spacial score (nSPS) is 18.5. The number of hydrogen-bond donors (Lipinski definition) is 1. The zero-order chi connectivity index (χ0) is 16.3. The second kappa shape index (κ2) is 6.21. The lowest BCUT2D eigenvalue weighted by Gasteiger charge is -2.22. The molecule has 1 atom stereocenters. The van der Waals surface area contributed by atoms with Gasteiger partial charge in [-0.1, -0.05) is 0 Å². The van der Waals surface area contributed by atoms with Crippen LogP contribution in [0.15, 0.2) is 52.4 Å². The minimum absolute atomic E-state index is 0.0380. The number of nitro groups is 1. The molecular weight excluding hydrogens is 288 g/mol. The van der Waals surface area contributed by atoms with E-state index >= 15 is 0 Å². The van der Waals surface area contributed by atoms with Gasteiger partial charge in [0.25, 0.3) is 5.69 Å². The SMILES string of the molecule is CC1=CC(O)=C(C(C)=Nc2ccc([N+](=O)[O-])cc2)C(C=O)O1. The average molecular weight is 302 g/mol. The molecule has 1 unspecified atom stereocenters. The lowest BCUT2D eigenvalue weighted by Crippen LogP contribution is -2.25. The van der Waals surface area contributed by atoms with Crippen LogP contribution >= 0.6 is 0 Å². The molecule has 22 heavy (non-hydrogen) atoms. The number of allylic oxidation sites excluding steroid dienone is 2. The highest BCUT2D eigenvalue weighted by Crippen LogP contribution is 2.25. The fraction of sp³-hybridized carbons (Fsp3) is 0.200. The predicted octanol–water partition coefficient (Wildman–Crippen LogP) is 3.00. The van der Waals surface area contributed by atoms with Gasteiger partial charge >= 0.3 is 0 Å². The maximum absolute atomic E-state index is 11.1. The summed E-state index contributed by atoms with van der Waals surface area (Å²) in [5.41, 5.74) is 1.11. The van der Waals surface area contributed by atoms with E-state index in [1.807, 2.05) is 0 Å². The Morgan fingerprint density at radius 2 is 2.05 bits per heavy atom. The summed E-state index contributed by atoms with van der Waals surface area (Å²) in [4.78, 5) is 25.5. The number of nitrogens with zero attached hydrogens (tertiary/aromatic N) is 2. The molecule has 2 rings (SSSR count). The minimum atomic E-state index is -0.924. The van der Waals surface area contributed by atoms with E-state index in [9.17, 15) is 20.0 Å². The van der Waals surface area contributed by atoms with Crippen molar-refractivity contribution in [3.8, 4) is 0 Å². The molecule has 0 aromatic heterocycles. The Labute approximate surface area is 126 Å². The van der Waals surface area contributed by atoms with E-state index in [0.717, 1.165) is 0 Å². The molecule has 7 nitrogen and oxygen atoms in total. The molecule has 0 amide bonds. The molecule has 0 radical (unpaired) electrons. The van der Waals surface area contributed by atoms with Gasteiger partial charge in [0.1, 0.15) is 5.76 Å². The van der Waals surface area contributed by atoms with Crippen molar-refractivity contribution >= 4 is 23.4 Å². The Hall–Kier alpha value is -2.96. The molecule has 0 aliphatic carbocycles. The van der Waals surface area contributed by atoms with Crippen LogP contribution in [0, 0.1) is 10.1 Å². The number of ether oxygens (including phenoxy) is 1. The van der Waals surface area contributed by atoms with Crippen molar-refractivity contribution in [3.63, 3.8) is 0 Å². The Kier molecular flexibility index (Phi) is 4.36. The molecule has 0 saturated carbocycles. The van der Waals surface area contributed by atoms with Crippen molar-refractivity contribution in [2.75, 3.05) is 0 Å². The van der Waals surface area contributed by atoms with Gasteiger partial charge in [-0.25, -0.2) is 0 Å². The maximum atomic E-state index is 11.1. The van der Waals surface area contributed by atoms with Gasteiger partial charge in [0.15, 0.2) is 12.4 Å². The number of non-ortho nitro benzene ring substituents is 1. The first-order valence-electron chi connectivity index (χ1n) is 6.46. The van der Waals surface area contributed by atoms with Crippen LogP contribution in [0.3, 0.4) is 0 Å². The highest BCUT2D eigenvalue weighted by Gasteiger charge is 2.25. The summed E-state index contributed by atoms with van der Waals surface area (Å²) >= 11 is 0. The molecule has 0 fully saturated rings. The number of benzene rings is 1. The summed E-state index contributed by atoms with van der Waals surface area (Å²) in [7, 11) is 0. The molecule has 7 heteroatoms. The average Bonchev–Trinajstić information content (AvgIpc) is 2.46. The molecule has 1 aliphatic heterocycles. The molecule has 1 N–H and O–H groups in total. The molecule has 114 valence electrons. The van der Waals surface area contributed by atoms with Crippen molar-refractivity contribution in [1.29, 1.82) is 0 Å². The number of nitro benzene ring substituents is 1. The van der Waals surface area contributed by atoms with E-state index in [-0.39, 0.29) is 17.0 Å². The third-order valence-electron chi connectivity index (χ3n) is 3.08. The Balaban J connectivity index is 2.36. The highest BCUT2D eigenvalue weighted by molar-refractivity contribution is 6.04. The first-order chi connectivity index (χ1) is 10.4. The molecule has 0 bridgehead atoms. The third kappa shape index (κ3) is 3.20. The number of aliphatic imine (C=N–C) groups is 1. The lowest BCUT2D eigenvalue weighted by atomic mass is 10.0. The summed E-state index contributed by atoms with van der Waals surface area (Å²) in [6.45, 7) is 3.26. The van der Waals surface area contributed by atoms with Crippen LogP contribution in [0.4, 0.5) is 11.4 Å². The molecule has 1 aliphatic rings. The fourth-order valence-electron chi connectivity index (χ4n) is 2.10. The zero-order valence-corrected chi connectivity index (χ0v) is 12.0. The summed E-state index contributed by atoms with van der Waals surface area (Å²) in [5.74, 6) is 0.352. The van der Waals surface area contributed by atoms with Crippen LogP contribution in [-0.4, -0.2) is 28.1 Å². The minimum Gasteiger partial charge on any atom is -0.507 e. The maximum Gasteiger partial charge on any atom is 0.269 e. The van der Waals surface area contributed by atoms with Crippen molar-refractivity contribution in [3.05, 3.63) is 57.5 Å². The molecular formula is C15H14N2O5. The van der Waals surface area contributed by atoms with Crippen molar-refractivity contribution in [2.45, 2.75) is 20.0 Å². The van der Waals surface area contributed by atoms with Crippen molar-refractivity contribution in [1.82, 2.24) is 0 Å². The largest absolute Gasteiger partial charge is 0.507 e. The molecule has 0 spiro atoms. The first kappa shape index (κ1) is 15.4. The van der Waals surface area contributed by atoms with Crippen LogP contribution in [0.25, 0.3) is 0 Å². The molecule has 1 aromatic rings. The van der Waals surface area contributed by atoms with Crippen molar-refractivity contribution in [2.24, 2.45) is 4.99 Å². The highest BCUT2D eigenvalue weighted by atomic mass is 16.6. The molecule has 1 heterocycles. The van der Waals surface area contributed by atoms with Crippen LogP contribution in [0.5, 0.6) is 0 Å². The van der Waals surface area contributed by atoms with E-state index in [2.05, 4.69) is 4.99 Å². The topological polar surface area (TPSA) is 102 Å². The summed E-state index contributed by atoms with van der Waals surface area (Å²) in [6.07, 6.45) is 1.06. The molecule has 0 saturated heterocycles. The van der Waals surface area contributed by atoms with Gasteiger partial charge in [0, 0.05) is 23.9 Å². The Morgan fingerprint density at radius 3 is 2.59 bits per heavy atom. The fourth-order valence-corrected chi connectivity index (χ4v) is 2.10. The second-order valence-electron chi connectivity index (χ2n) is 4.70. The number of hydrogen-bond acceptors (Lipinski definition) is 6. The second-order valence-corrected chi connectivity index (χ2v) is 4.70. The molecule has 1 aromatic carbocycles. The number of aldehydes is 1. The Morgan fingerprint density at radius 1 is 1.41 bits per heavy atom.